The Morgan fingerprint density at radius 1 is 1.31 bits per heavy atom. The number of amides is 3. The number of halogens is 1. The van der Waals surface area contributed by atoms with Crippen molar-refractivity contribution in [2.75, 3.05) is 26.7 Å². The Hall–Kier alpha value is -3.95. The standard InChI is InChI=1S/C32H40ClN5O4/c1-22(2)41-19-15-28-24(4)36-32(40)38(30(28)25-11-7-12-26(33)20-25)18-9-17-37(6)31(39)29-14-13-27(21-35-29)42-23(3)10-8-16-34-5/h7-8,10-14,16,20-22,30H,5,9,15,17-19H2,1-4,6H3,(H,36,40)/b16-8-,23-10+. The van der Waals surface area contributed by atoms with E-state index in [-0.39, 0.29) is 24.1 Å². The first kappa shape index (κ1) is 32.6. The third kappa shape index (κ3) is 9.29. The van der Waals surface area contributed by atoms with Crippen molar-refractivity contribution in [3.63, 3.8) is 0 Å². The van der Waals surface area contributed by atoms with Crippen LogP contribution in [0.25, 0.3) is 0 Å². The number of ether oxygens (including phenoxy) is 2. The molecule has 0 bridgehead atoms. The molecule has 42 heavy (non-hydrogen) atoms. The first-order valence-electron chi connectivity index (χ1n) is 13.9. The molecule has 0 fully saturated rings. The number of hydrogen-bond acceptors (Lipinski definition) is 6. The van der Waals surface area contributed by atoms with Gasteiger partial charge in [-0.05, 0) is 94.8 Å². The fourth-order valence-electron chi connectivity index (χ4n) is 4.64. The highest BCUT2D eigenvalue weighted by atomic mass is 35.5. The highest BCUT2D eigenvalue weighted by Crippen LogP contribution is 2.36. The number of allylic oxidation sites excluding steroid dienone is 4. The molecule has 0 saturated carbocycles. The summed E-state index contributed by atoms with van der Waals surface area (Å²) in [6, 6.07) is 10.5. The molecular weight excluding hydrogens is 554 g/mol. The molecule has 1 aromatic heterocycles. The van der Waals surface area contributed by atoms with E-state index < -0.39 is 0 Å². The second-order valence-electron chi connectivity index (χ2n) is 10.3. The van der Waals surface area contributed by atoms with Crippen molar-refractivity contribution in [2.24, 2.45) is 4.99 Å². The molecule has 224 valence electrons. The Morgan fingerprint density at radius 3 is 2.76 bits per heavy atom. The number of carbonyl (C=O) groups is 2. The van der Waals surface area contributed by atoms with Crippen molar-refractivity contribution >= 4 is 30.3 Å². The summed E-state index contributed by atoms with van der Waals surface area (Å²) in [6.45, 7) is 12.5. The minimum Gasteiger partial charge on any atom is -0.460 e. The number of carbonyl (C=O) groups excluding carboxylic acids is 2. The van der Waals surface area contributed by atoms with Crippen LogP contribution in [0.3, 0.4) is 0 Å². The molecule has 3 amide bonds. The van der Waals surface area contributed by atoms with Gasteiger partial charge in [0.25, 0.3) is 5.91 Å². The van der Waals surface area contributed by atoms with Gasteiger partial charge < -0.3 is 24.6 Å². The predicted octanol–water partition coefficient (Wildman–Crippen LogP) is 6.55. The SMILES string of the molecule is C=N/C=C\C=C(/C)Oc1ccc(C(=O)N(C)CCCN2C(=O)NC(C)=C(CCOC(C)C)C2c2cccc(Cl)c2)nc1. The maximum atomic E-state index is 13.2. The van der Waals surface area contributed by atoms with E-state index in [0.29, 0.717) is 54.8 Å². The second kappa shape index (κ2) is 15.9. The molecule has 9 nitrogen and oxygen atoms in total. The summed E-state index contributed by atoms with van der Waals surface area (Å²) < 4.78 is 11.5. The lowest BCUT2D eigenvalue weighted by molar-refractivity contribution is 0.0765. The molecule has 1 aliphatic heterocycles. The zero-order chi connectivity index (χ0) is 30.6. The van der Waals surface area contributed by atoms with Crippen LogP contribution in [0.4, 0.5) is 4.79 Å². The van der Waals surface area contributed by atoms with E-state index in [0.717, 1.165) is 16.8 Å². The average Bonchev–Trinajstić information content (AvgIpc) is 2.95. The maximum absolute atomic E-state index is 13.2. The summed E-state index contributed by atoms with van der Waals surface area (Å²) in [6.07, 6.45) is 7.88. The molecule has 1 unspecified atom stereocenters. The lowest BCUT2D eigenvalue weighted by Crippen LogP contribution is -2.48. The van der Waals surface area contributed by atoms with Gasteiger partial charge in [0.2, 0.25) is 0 Å². The van der Waals surface area contributed by atoms with Crippen molar-refractivity contribution in [1.29, 1.82) is 0 Å². The lowest BCUT2D eigenvalue weighted by Gasteiger charge is -2.39. The molecule has 2 aromatic rings. The van der Waals surface area contributed by atoms with E-state index in [9.17, 15) is 9.59 Å². The van der Waals surface area contributed by atoms with Crippen molar-refractivity contribution in [3.8, 4) is 5.75 Å². The van der Waals surface area contributed by atoms with Gasteiger partial charge in [-0.15, -0.1) is 0 Å². The summed E-state index contributed by atoms with van der Waals surface area (Å²) in [5, 5.41) is 3.62. The van der Waals surface area contributed by atoms with Crippen LogP contribution in [-0.4, -0.2) is 66.3 Å². The van der Waals surface area contributed by atoms with E-state index >= 15 is 0 Å². The van der Waals surface area contributed by atoms with Crippen molar-refractivity contribution in [2.45, 2.75) is 52.7 Å². The van der Waals surface area contributed by atoms with Crippen LogP contribution in [0.1, 0.15) is 62.6 Å². The third-order valence-corrected chi connectivity index (χ3v) is 6.90. The highest BCUT2D eigenvalue weighted by molar-refractivity contribution is 6.30. The van der Waals surface area contributed by atoms with Crippen LogP contribution in [0.5, 0.6) is 5.75 Å². The minimum atomic E-state index is -0.288. The highest BCUT2D eigenvalue weighted by Gasteiger charge is 2.34. The zero-order valence-corrected chi connectivity index (χ0v) is 25.7. The molecule has 0 radical (unpaired) electrons. The molecule has 0 spiro atoms. The number of aliphatic imine (C=N–C) groups is 1. The monoisotopic (exact) mass is 593 g/mol. The Balaban J connectivity index is 1.67. The normalized spacial score (nSPS) is 15.8. The van der Waals surface area contributed by atoms with Gasteiger partial charge in [0.05, 0.1) is 24.9 Å². The van der Waals surface area contributed by atoms with E-state index in [1.807, 2.05) is 49.9 Å². The van der Waals surface area contributed by atoms with Crippen LogP contribution in [-0.2, 0) is 4.74 Å². The van der Waals surface area contributed by atoms with Crippen LogP contribution < -0.4 is 10.1 Å². The van der Waals surface area contributed by atoms with Crippen LogP contribution in [0, 0.1) is 0 Å². The van der Waals surface area contributed by atoms with Gasteiger partial charge in [-0.1, -0.05) is 23.7 Å². The molecule has 1 aromatic carbocycles. The average molecular weight is 594 g/mol. The third-order valence-electron chi connectivity index (χ3n) is 6.66. The lowest BCUT2D eigenvalue weighted by atomic mass is 9.91. The molecule has 1 N–H and O–H groups in total. The van der Waals surface area contributed by atoms with Crippen molar-refractivity contribution in [1.82, 2.24) is 20.1 Å². The first-order chi connectivity index (χ1) is 20.1. The van der Waals surface area contributed by atoms with Gasteiger partial charge in [-0.3, -0.25) is 9.79 Å². The van der Waals surface area contributed by atoms with Crippen LogP contribution in [0.15, 0.2) is 83.0 Å². The zero-order valence-electron chi connectivity index (χ0n) is 25.0. The number of rotatable bonds is 14. The number of nitrogens with zero attached hydrogens (tertiary/aromatic N) is 4. The van der Waals surface area contributed by atoms with Gasteiger partial charge in [-0.2, -0.15) is 0 Å². The maximum Gasteiger partial charge on any atom is 0.322 e. The molecule has 3 rings (SSSR count). The van der Waals surface area contributed by atoms with Gasteiger partial charge in [0, 0.05) is 37.1 Å². The first-order valence-corrected chi connectivity index (χ1v) is 14.3. The molecule has 10 heteroatoms. The van der Waals surface area contributed by atoms with Crippen molar-refractivity contribution < 1.29 is 19.1 Å². The van der Waals surface area contributed by atoms with Crippen LogP contribution >= 0.6 is 11.6 Å². The summed E-state index contributed by atoms with van der Waals surface area (Å²) in [5.74, 6) is 0.945. The Bertz CT molecular complexity index is 1340. The van der Waals surface area contributed by atoms with E-state index in [2.05, 4.69) is 22.0 Å². The number of urea groups is 1. The Labute approximate surface area is 253 Å². The predicted molar refractivity (Wildman–Crippen MR) is 167 cm³/mol. The van der Waals surface area contributed by atoms with Gasteiger partial charge in [-0.25, -0.2) is 9.78 Å². The molecule has 1 aliphatic rings. The quantitative estimate of drug-likeness (QED) is 0.152. The minimum absolute atomic E-state index is 0.111. The van der Waals surface area contributed by atoms with E-state index in [1.165, 1.54) is 6.20 Å². The largest absolute Gasteiger partial charge is 0.460 e. The fourth-order valence-corrected chi connectivity index (χ4v) is 4.84. The number of pyridine rings is 1. The van der Waals surface area contributed by atoms with Crippen molar-refractivity contribution in [3.05, 3.63) is 94.3 Å². The Kier molecular flexibility index (Phi) is 12.3. The van der Waals surface area contributed by atoms with Crippen LogP contribution in [0.2, 0.25) is 5.02 Å². The number of benzene rings is 1. The van der Waals surface area contributed by atoms with E-state index in [1.54, 1.807) is 49.4 Å². The van der Waals surface area contributed by atoms with E-state index in [4.69, 9.17) is 21.1 Å². The molecule has 1 atom stereocenters. The molecule has 0 aliphatic carbocycles. The van der Waals surface area contributed by atoms with Gasteiger partial charge in [0.15, 0.2) is 0 Å². The smallest absolute Gasteiger partial charge is 0.322 e. The summed E-state index contributed by atoms with van der Waals surface area (Å²) in [7, 11) is 1.73. The number of hydrogen-bond donors (Lipinski definition) is 1. The van der Waals surface area contributed by atoms with Gasteiger partial charge >= 0.3 is 6.03 Å². The topological polar surface area (TPSA) is 96.4 Å². The summed E-state index contributed by atoms with van der Waals surface area (Å²) in [4.78, 5) is 37.6. The van der Waals surface area contributed by atoms with Gasteiger partial charge in [0.1, 0.15) is 17.2 Å². The summed E-state index contributed by atoms with van der Waals surface area (Å²) in [5.41, 5.74) is 3.15. The molecule has 0 saturated heterocycles. The Morgan fingerprint density at radius 2 is 2.10 bits per heavy atom. The fraction of sp³-hybridized carbons (Fsp3) is 0.375. The number of nitrogens with one attached hydrogen (secondary N) is 1. The summed E-state index contributed by atoms with van der Waals surface area (Å²) >= 11 is 6.35. The molecule has 2 heterocycles. The number of aromatic nitrogens is 1. The second-order valence-corrected chi connectivity index (χ2v) is 10.7. The molecular formula is C32H40ClN5O4.